The van der Waals surface area contributed by atoms with E-state index in [1.165, 1.54) is 12.1 Å². The van der Waals surface area contributed by atoms with Crippen molar-refractivity contribution in [1.29, 1.82) is 0 Å². The Morgan fingerprint density at radius 3 is 2.68 bits per heavy atom. The summed E-state index contributed by atoms with van der Waals surface area (Å²) >= 11 is 0. The third kappa shape index (κ3) is 5.36. The van der Waals surface area contributed by atoms with Crippen molar-refractivity contribution in [1.82, 2.24) is 4.90 Å². The van der Waals surface area contributed by atoms with E-state index >= 15 is 0 Å². The summed E-state index contributed by atoms with van der Waals surface area (Å²) in [5.74, 6) is -0.663. The van der Waals surface area contributed by atoms with Gasteiger partial charge >= 0.3 is 0 Å². The first-order valence-corrected chi connectivity index (χ1v) is 6.54. The van der Waals surface area contributed by atoms with E-state index in [0.29, 0.717) is 13.1 Å². The molecule has 0 saturated heterocycles. The first-order valence-electron chi connectivity index (χ1n) is 6.54. The minimum atomic E-state index is -0.373. The fraction of sp³-hybridized carbons (Fsp3) is 0.500. The van der Waals surface area contributed by atoms with Gasteiger partial charge in [0.15, 0.2) is 0 Å². The number of nitrogens with two attached hydrogens (primary N) is 2. The SMILES string of the molecule is CCCCN(CC(N)=O)Cc1cc(F)ccc1CN. The molecule has 0 aliphatic heterocycles. The van der Waals surface area contributed by atoms with Gasteiger partial charge in [-0.2, -0.15) is 0 Å². The Hall–Kier alpha value is -1.46. The van der Waals surface area contributed by atoms with Gasteiger partial charge in [0.2, 0.25) is 5.91 Å². The first kappa shape index (κ1) is 15.6. The van der Waals surface area contributed by atoms with Crippen LogP contribution in [-0.4, -0.2) is 23.9 Å². The van der Waals surface area contributed by atoms with Crippen molar-refractivity contribution in [2.24, 2.45) is 11.5 Å². The van der Waals surface area contributed by atoms with Crippen molar-refractivity contribution >= 4 is 5.91 Å². The van der Waals surface area contributed by atoms with Gasteiger partial charge in [0.25, 0.3) is 0 Å². The molecule has 4 N–H and O–H groups in total. The van der Waals surface area contributed by atoms with Crippen molar-refractivity contribution in [2.75, 3.05) is 13.1 Å². The third-order valence-corrected chi connectivity index (χ3v) is 2.99. The molecule has 5 heteroatoms. The summed E-state index contributed by atoms with van der Waals surface area (Å²) in [6, 6.07) is 4.56. The van der Waals surface area contributed by atoms with Crippen LogP contribution in [0.5, 0.6) is 0 Å². The number of nitrogens with zero attached hydrogens (tertiary/aromatic N) is 1. The topological polar surface area (TPSA) is 72.3 Å². The van der Waals surface area contributed by atoms with Crippen LogP contribution >= 0.6 is 0 Å². The molecule has 0 radical (unpaired) electrons. The average molecular weight is 267 g/mol. The maximum Gasteiger partial charge on any atom is 0.231 e. The second-order valence-corrected chi connectivity index (χ2v) is 4.65. The van der Waals surface area contributed by atoms with Crippen molar-refractivity contribution in [2.45, 2.75) is 32.9 Å². The predicted molar refractivity (Wildman–Crippen MR) is 73.7 cm³/mol. The number of hydrogen-bond acceptors (Lipinski definition) is 3. The number of primary amides is 1. The molecule has 19 heavy (non-hydrogen) atoms. The molecule has 1 amide bonds. The monoisotopic (exact) mass is 267 g/mol. The average Bonchev–Trinajstić information content (AvgIpc) is 2.35. The lowest BCUT2D eigenvalue weighted by atomic mass is 10.1. The van der Waals surface area contributed by atoms with Crippen LogP contribution in [-0.2, 0) is 17.9 Å². The Morgan fingerprint density at radius 1 is 1.37 bits per heavy atom. The van der Waals surface area contributed by atoms with Crippen LogP contribution in [0.1, 0.15) is 30.9 Å². The smallest absolute Gasteiger partial charge is 0.231 e. The summed E-state index contributed by atoms with van der Waals surface area (Å²) in [6.07, 6.45) is 2.00. The van der Waals surface area contributed by atoms with Crippen molar-refractivity contribution < 1.29 is 9.18 Å². The van der Waals surface area contributed by atoms with E-state index in [1.54, 1.807) is 6.07 Å². The molecule has 0 aliphatic rings. The van der Waals surface area contributed by atoms with Crippen LogP contribution < -0.4 is 11.5 Å². The van der Waals surface area contributed by atoms with Gasteiger partial charge < -0.3 is 11.5 Å². The number of benzene rings is 1. The van der Waals surface area contributed by atoms with E-state index < -0.39 is 0 Å². The fourth-order valence-corrected chi connectivity index (χ4v) is 2.00. The summed E-state index contributed by atoms with van der Waals surface area (Å²) in [5, 5.41) is 0. The molecule has 0 bridgehead atoms. The first-order chi connectivity index (χ1) is 9.06. The lowest BCUT2D eigenvalue weighted by Gasteiger charge is -2.22. The van der Waals surface area contributed by atoms with Crippen LogP contribution in [0.2, 0.25) is 0 Å². The molecule has 0 aromatic heterocycles. The van der Waals surface area contributed by atoms with Gasteiger partial charge in [0.05, 0.1) is 6.54 Å². The number of rotatable bonds is 8. The molecule has 0 heterocycles. The molecule has 1 aromatic carbocycles. The van der Waals surface area contributed by atoms with Gasteiger partial charge in [-0.05, 0) is 36.2 Å². The summed E-state index contributed by atoms with van der Waals surface area (Å²) in [7, 11) is 0. The van der Waals surface area contributed by atoms with Gasteiger partial charge in [0, 0.05) is 13.1 Å². The minimum absolute atomic E-state index is 0.181. The third-order valence-electron chi connectivity index (χ3n) is 2.99. The molecule has 4 nitrogen and oxygen atoms in total. The van der Waals surface area contributed by atoms with Crippen molar-refractivity contribution in [3.63, 3.8) is 0 Å². The largest absolute Gasteiger partial charge is 0.369 e. The predicted octanol–water partition coefficient (Wildman–Crippen LogP) is 1.37. The zero-order chi connectivity index (χ0) is 14.3. The zero-order valence-corrected chi connectivity index (χ0v) is 11.4. The summed E-state index contributed by atoms with van der Waals surface area (Å²) in [4.78, 5) is 13.0. The lowest BCUT2D eigenvalue weighted by molar-refractivity contribution is -0.119. The van der Waals surface area contributed by atoms with Crippen molar-refractivity contribution in [3.05, 3.63) is 35.1 Å². The summed E-state index contributed by atoms with van der Waals surface area (Å²) < 4.78 is 13.3. The van der Waals surface area contributed by atoms with Crippen LogP contribution in [0, 0.1) is 5.82 Å². The lowest BCUT2D eigenvalue weighted by Crippen LogP contribution is -2.34. The van der Waals surface area contributed by atoms with E-state index in [-0.39, 0.29) is 18.3 Å². The van der Waals surface area contributed by atoms with Crippen LogP contribution in [0.15, 0.2) is 18.2 Å². The molecule has 0 unspecified atom stereocenters. The van der Waals surface area contributed by atoms with E-state index in [0.717, 1.165) is 30.5 Å². The van der Waals surface area contributed by atoms with E-state index in [4.69, 9.17) is 11.5 Å². The Labute approximate surface area is 113 Å². The highest BCUT2D eigenvalue weighted by atomic mass is 19.1. The summed E-state index contributed by atoms with van der Waals surface area (Å²) in [5.41, 5.74) is 12.6. The van der Waals surface area contributed by atoms with Crippen LogP contribution in [0.4, 0.5) is 4.39 Å². The molecule has 0 fully saturated rings. The molecule has 0 spiro atoms. The highest BCUT2D eigenvalue weighted by Gasteiger charge is 2.11. The second kappa shape index (κ2) is 7.86. The molecular formula is C14H22FN3O. The van der Waals surface area contributed by atoms with Crippen LogP contribution in [0.3, 0.4) is 0 Å². The van der Waals surface area contributed by atoms with Crippen LogP contribution in [0.25, 0.3) is 0 Å². The Morgan fingerprint density at radius 2 is 2.11 bits per heavy atom. The molecule has 1 rings (SSSR count). The molecular weight excluding hydrogens is 245 g/mol. The number of halogens is 1. The molecule has 0 atom stereocenters. The van der Waals surface area contributed by atoms with E-state index in [2.05, 4.69) is 6.92 Å². The number of carbonyl (C=O) groups excluding carboxylic acids is 1. The maximum absolute atomic E-state index is 13.3. The Kier molecular flexibility index (Phi) is 6.45. The Bertz CT molecular complexity index is 423. The highest BCUT2D eigenvalue weighted by molar-refractivity contribution is 5.75. The Balaban J connectivity index is 2.81. The normalized spacial score (nSPS) is 10.9. The zero-order valence-electron chi connectivity index (χ0n) is 11.4. The van der Waals surface area contributed by atoms with Crippen molar-refractivity contribution in [3.8, 4) is 0 Å². The molecule has 106 valence electrons. The van der Waals surface area contributed by atoms with E-state index in [9.17, 15) is 9.18 Å². The van der Waals surface area contributed by atoms with E-state index in [1.807, 2.05) is 4.90 Å². The maximum atomic E-state index is 13.3. The number of hydrogen-bond donors (Lipinski definition) is 2. The van der Waals surface area contributed by atoms with Gasteiger partial charge in [0.1, 0.15) is 5.82 Å². The second-order valence-electron chi connectivity index (χ2n) is 4.65. The highest BCUT2D eigenvalue weighted by Crippen LogP contribution is 2.14. The van der Waals surface area contributed by atoms with Gasteiger partial charge in [-0.25, -0.2) is 4.39 Å². The molecule has 0 aliphatic carbocycles. The van der Waals surface area contributed by atoms with Gasteiger partial charge in [-0.15, -0.1) is 0 Å². The molecule has 0 saturated carbocycles. The number of carbonyl (C=O) groups is 1. The van der Waals surface area contributed by atoms with Gasteiger partial charge in [-0.3, -0.25) is 9.69 Å². The molecule has 1 aromatic rings. The summed E-state index contributed by atoms with van der Waals surface area (Å²) in [6.45, 7) is 3.87. The number of amides is 1. The standard InChI is InChI=1S/C14H22FN3O/c1-2-3-6-18(10-14(17)19)9-12-7-13(15)5-4-11(12)8-16/h4-5,7H,2-3,6,8-10,16H2,1H3,(H2,17,19). The number of unbranched alkanes of at least 4 members (excludes halogenated alkanes) is 1. The quantitative estimate of drug-likeness (QED) is 0.747. The van der Waals surface area contributed by atoms with Gasteiger partial charge in [-0.1, -0.05) is 19.4 Å². The fourth-order valence-electron chi connectivity index (χ4n) is 2.00. The minimum Gasteiger partial charge on any atom is -0.369 e.